The van der Waals surface area contributed by atoms with Gasteiger partial charge < -0.3 is 10.9 Å². The molecule has 3 N–H and O–H groups in total. The fourth-order valence-corrected chi connectivity index (χ4v) is 2.39. The number of hydrogen-bond donors (Lipinski definition) is 2. The molecule has 1 fully saturated rings. The standard InChI is InChI=1S/C13H18FN3O/c1-9-4-5-17(7-9)8-10-2-3-11(14)6-12(10)13(15)16-18/h2-3,6,9,18H,4-5,7-8H2,1H3,(H2,15,16). The SMILES string of the molecule is CC1CCN(Cc2ccc(F)cc2C(N)=NO)C1. The molecule has 1 aliphatic rings. The first-order valence-corrected chi connectivity index (χ1v) is 6.09. The van der Waals surface area contributed by atoms with E-state index in [1.807, 2.05) is 0 Å². The maximum Gasteiger partial charge on any atom is 0.170 e. The minimum absolute atomic E-state index is 0.0447. The van der Waals surface area contributed by atoms with Gasteiger partial charge >= 0.3 is 0 Å². The Balaban J connectivity index is 2.21. The summed E-state index contributed by atoms with van der Waals surface area (Å²) < 4.78 is 13.2. The van der Waals surface area contributed by atoms with Crippen LogP contribution in [0.1, 0.15) is 24.5 Å². The van der Waals surface area contributed by atoms with E-state index >= 15 is 0 Å². The predicted octanol–water partition coefficient (Wildman–Crippen LogP) is 1.76. The van der Waals surface area contributed by atoms with Gasteiger partial charge in [0.2, 0.25) is 0 Å². The maximum atomic E-state index is 13.2. The largest absolute Gasteiger partial charge is 0.409 e. The highest BCUT2D eigenvalue weighted by Gasteiger charge is 2.20. The molecule has 18 heavy (non-hydrogen) atoms. The van der Waals surface area contributed by atoms with Crippen molar-refractivity contribution in [1.29, 1.82) is 0 Å². The Labute approximate surface area is 106 Å². The molecule has 1 heterocycles. The molecule has 0 aliphatic carbocycles. The van der Waals surface area contributed by atoms with Crippen LogP contribution >= 0.6 is 0 Å². The molecule has 1 aromatic rings. The highest BCUT2D eigenvalue weighted by molar-refractivity contribution is 5.98. The minimum Gasteiger partial charge on any atom is -0.409 e. The van der Waals surface area contributed by atoms with Crippen molar-refractivity contribution in [3.63, 3.8) is 0 Å². The second kappa shape index (κ2) is 5.35. The van der Waals surface area contributed by atoms with Gasteiger partial charge in [0.05, 0.1) is 0 Å². The van der Waals surface area contributed by atoms with Gasteiger partial charge in [-0.1, -0.05) is 18.1 Å². The Hall–Kier alpha value is -1.62. The van der Waals surface area contributed by atoms with E-state index in [9.17, 15) is 4.39 Å². The van der Waals surface area contributed by atoms with Crippen molar-refractivity contribution in [2.75, 3.05) is 13.1 Å². The Kier molecular flexibility index (Phi) is 3.81. The lowest BCUT2D eigenvalue weighted by Crippen LogP contribution is -2.23. The van der Waals surface area contributed by atoms with Gasteiger partial charge in [0.25, 0.3) is 0 Å². The van der Waals surface area contributed by atoms with Gasteiger partial charge in [-0.15, -0.1) is 0 Å². The second-order valence-corrected chi connectivity index (χ2v) is 4.92. The molecular formula is C13H18FN3O. The van der Waals surface area contributed by atoms with Crippen LogP contribution in [0.4, 0.5) is 4.39 Å². The fourth-order valence-electron chi connectivity index (χ4n) is 2.39. The van der Waals surface area contributed by atoms with Crippen molar-refractivity contribution in [2.45, 2.75) is 19.9 Å². The van der Waals surface area contributed by atoms with Gasteiger partial charge in [-0.05, 0) is 36.6 Å². The summed E-state index contributed by atoms with van der Waals surface area (Å²) in [6.45, 7) is 4.99. The van der Waals surface area contributed by atoms with Crippen LogP contribution in [0.3, 0.4) is 0 Å². The van der Waals surface area contributed by atoms with E-state index in [1.54, 1.807) is 6.07 Å². The summed E-state index contributed by atoms with van der Waals surface area (Å²) in [6, 6.07) is 4.42. The number of likely N-dealkylation sites (tertiary alicyclic amines) is 1. The summed E-state index contributed by atoms with van der Waals surface area (Å²) >= 11 is 0. The Morgan fingerprint density at radius 3 is 3.00 bits per heavy atom. The van der Waals surface area contributed by atoms with Crippen LogP contribution in [0, 0.1) is 11.7 Å². The summed E-state index contributed by atoms with van der Waals surface area (Å²) in [7, 11) is 0. The van der Waals surface area contributed by atoms with Crippen LogP contribution in [-0.2, 0) is 6.54 Å². The van der Waals surface area contributed by atoms with Gasteiger partial charge in [0.1, 0.15) is 5.82 Å². The van der Waals surface area contributed by atoms with Gasteiger partial charge in [-0.2, -0.15) is 0 Å². The number of rotatable bonds is 3. The van der Waals surface area contributed by atoms with E-state index in [0.29, 0.717) is 18.0 Å². The summed E-state index contributed by atoms with van der Waals surface area (Å²) in [5.41, 5.74) is 6.94. The Morgan fingerprint density at radius 2 is 2.39 bits per heavy atom. The summed E-state index contributed by atoms with van der Waals surface area (Å²) in [5, 5.41) is 11.7. The van der Waals surface area contributed by atoms with E-state index in [0.717, 1.165) is 18.7 Å². The van der Waals surface area contributed by atoms with E-state index in [2.05, 4.69) is 17.0 Å². The van der Waals surface area contributed by atoms with Crippen molar-refractivity contribution in [1.82, 2.24) is 4.90 Å². The average Bonchev–Trinajstić information content (AvgIpc) is 2.76. The van der Waals surface area contributed by atoms with Crippen molar-refractivity contribution in [3.8, 4) is 0 Å². The van der Waals surface area contributed by atoms with E-state index in [-0.39, 0.29) is 11.7 Å². The molecule has 98 valence electrons. The predicted molar refractivity (Wildman–Crippen MR) is 68.0 cm³/mol. The molecule has 1 aromatic carbocycles. The quantitative estimate of drug-likeness (QED) is 0.372. The molecule has 1 aliphatic heterocycles. The Morgan fingerprint density at radius 1 is 1.61 bits per heavy atom. The molecule has 0 bridgehead atoms. The number of oxime groups is 1. The number of halogens is 1. The third-order valence-electron chi connectivity index (χ3n) is 3.36. The number of nitrogens with zero attached hydrogens (tertiary/aromatic N) is 2. The zero-order valence-electron chi connectivity index (χ0n) is 10.4. The van der Waals surface area contributed by atoms with Gasteiger partial charge in [0, 0.05) is 18.7 Å². The summed E-state index contributed by atoms with van der Waals surface area (Å²) in [5.74, 6) is 0.268. The Bertz CT molecular complexity index is 462. The second-order valence-electron chi connectivity index (χ2n) is 4.92. The van der Waals surface area contributed by atoms with Crippen LogP contribution in [0.5, 0.6) is 0 Å². The van der Waals surface area contributed by atoms with Crippen molar-refractivity contribution in [3.05, 3.63) is 35.1 Å². The molecule has 5 heteroatoms. The highest BCUT2D eigenvalue weighted by atomic mass is 19.1. The molecule has 1 saturated heterocycles. The molecule has 0 aromatic heterocycles. The summed E-state index contributed by atoms with van der Waals surface area (Å²) in [6.07, 6.45) is 1.18. The average molecular weight is 251 g/mol. The molecule has 1 atom stereocenters. The molecule has 4 nitrogen and oxygen atoms in total. The van der Waals surface area contributed by atoms with Gasteiger partial charge in [-0.3, -0.25) is 4.90 Å². The highest BCUT2D eigenvalue weighted by Crippen LogP contribution is 2.20. The van der Waals surface area contributed by atoms with Gasteiger partial charge in [0.15, 0.2) is 5.84 Å². The van der Waals surface area contributed by atoms with E-state index < -0.39 is 0 Å². The van der Waals surface area contributed by atoms with Crippen molar-refractivity contribution < 1.29 is 9.60 Å². The number of benzene rings is 1. The monoisotopic (exact) mass is 251 g/mol. The van der Waals surface area contributed by atoms with E-state index in [4.69, 9.17) is 10.9 Å². The first kappa shape index (κ1) is 12.8. The lowest BCUT2D eigenvalue weighted by Gasteiger charge is -2.17. The fraction of sp³-hybridized carbons (Fsp3) is 0.462. The third kappa shape index (κ3) is 2.79. The lowest BCUT2D eigenvalue weighted by atomic mass is 10.1. The third-order valence-corrected chi connectivity index (χ3v) is 3.36. The molecule has 0 amide bonds. The van der Waals surface area contributed by atoms with Gasteiger partial charge in [-0.25, -0.2) is 4.39 Å². The summed E-state index contributed by atoms with van der Waals surface area (Å²) in [4.78, 5) is 2.30. The smallest absolute Gasteiger partial charge is 0.170 e. The normalized spacial score (nSPS) is 21.4. The topological polar surface area (TPSA) is 61.8 Å². The molecule has 0 radical (unpaired) electrons. The number of nitrogens with two attached hydrogens (primary N) is 1. The van der Waals surface area contributed by atoms with Crippen molar-refractivity contribution in [2.24, 2.45) is 16.8 Å². The van der Waals surface area contributed by atoms with E-state index in [1.165, 1.54) is 18.6 Å². The molecule has 0 spiro atoms. The zero-order chi connectivity index (χ0) is 13.1. The van der Waals surface area contributed by atoms with Crippen LogP contribution in [0.2, 0.25) is 0 Å². The van der Waals surface area contributed by atoms with Crippen LogP contribution in [0.25, 0.3) is 0 Å². The molecule has 2 rings (SSSR count). The molecular weight excluding hydrogens is 233 g/mol. The zero-order valence-corrected chi connectivity index (χ0v) is 10.4. The number of hydrogen-bond acceptors (Lipinski definition) is 3. The first-order valence-electron chi connectivity index (χ1n) is 6.09. The maximum absolute atomic E-state index is 13.2. The van der Waals surface area contributed by atoms with Crippen LogP contribution in [-0.4, -0.2) is 29.0 Å². The first-order chi connectivity index (χ1) is 8.60. The lowest BCUT2D eigenvalue weighted by molar-refractivity contribution is 0.316. The van der Waals surface area contributed by atoms with Crippen molar-refractivity contribution >= 4 is 5.84 Å². The van der Waals surface area contributed by atoms with Crippen LogP contribution < -0.4 is 5.73 Å². The molecule has 0 saturated carbocycles. The van der Waals surface area contributed by atoms with Crippen LogP contribution in [0.15, 0.2) is 23.4 Å². The minimum atomic E-state index is -0.380. The number of amidine groups is 1. The molecule has 1 unspecified atom stereocenters.